The lowest BCUT2D eigenvalue weighted by atomic mass is 9.75. The first-order valence-corrected chi connectivity index (χ1v) is 13.8. The van der Waals surface area contributed by atoms with Crippen LogP contribution in [-0.4, -0.2) is 32.1 Å². The Kier molecular flexibility index (Phi) is 5.87. The van der Waals surface area contributed by atoms with Gasteiger partial charge in [-0.15, -0.1) is 0 Å². The van der Waals surface area contributed by atoms with Crippen LogP contribution in [0.2, 0.25) is 0 Å². The number of benzene rings is 2. The van der Waals surface area contributed by atoms with Crippen molar-refractivity contribution < 1.29 is 21.9 Å². The van der Waals surface area contributed by atoms with Crippen molar-refractivity contribution >= 4 is 19.7 Å². The second kappa shape index (κ2) is 8.19. The highest BCUT2D eigenvalue weighted by Gasteiger charge is 2.48. The standard InChI is InChI=1S/C24H28O5S2/c1-18-19(16-20-10-8-9-15-24(18,20)25)17-23(30(26,27)21-11-4-2-5-12-21)31(28,29)22-13-6-3-7-14-22/h2-7,11-14,20,23,25H,8-10,15-17H2,1H3/t20-,24+/m1/s1. The molecule has 0 saturated heterocycles. The predicted molar refractivity (Wildman–Crippen MR) is 120 cm³/mol. The molecule has 2 aromatic carbocycles. The molecule has 0 bridgehead atoms. The number of hydrogen-bond acceptors (Lipinski definition) is 5. The molecule has 2 aromatic rings. The number of allylic oxidation sites excluding steroid dienone is 1. The third-order valence-corrected chi connectivity index (χ3v) is 12.1. The van der Waals surface area contributed by atoms with E-state index in [9.17, 15) is 21.9 Å². The van der Waals surface area contributed by atoms with Crippen molar-refractivity contribution in [2.75, 3.05) is 0 Å². The molecule has 2 aliphatic rings. The minimum absolute atomic E-state index is 0.00751. The minimum atomic E-state index is -4.17. The molecule has 0 amide bonds. The van der Waals surface area contributed by atoms with Crippen LogP contribution < -0.4 is 0 Å². The van der Waals surface area contributed by atoms with Crippen molar-refractivity contribution in [2.24, 2.45) is 5.92 Å². The second-order valence-corrected chi connectivity index (χ2v) is 13.2. The fourth-order valence-electron chi connectivity index (χ4n) is 5.10. The van der Waals surface area contributed by atoms with Gasteiger partial charge in [-0.1, -0.05) is 54.8 Å². The van der Waals surface area contributed by atoms with Gasteiger partial charge in [0.05, 0.1) is 15.4 Å². The summed E-state index contributed by atoms with van der Waals surface area (Å²) in [5.41, 5.74) is 0.581. The number of sulfone groups is 2. The topological polar surface area (TPSA) is 88.5 Å². The number of aliphatic hydroxyl groups is 1. The number of fused-ring (bicyclic) bond motifs is 1. The van der Waals surface area contributed by atoms with Crippen LogP contribution in [0.4, 0.5) is 0 Å². The molecule has 4 rings (SSSR count). The minimum Gasteiger partial charge on any atom is -0.385 e. The van der Waals surface area contributed by atoms with E-state index < -0.39 is 29.9 Å². The summed E-state index contributed by atoms with van der Waals surface area (Å²) < 4.78 is 52.7. The zero-order chi connectivity index (χ0) is 22.3. The monoisotopic (exact) mass is 460 g/mol. The Balaban J connectivity index is 1.81. The quantitative estimate of drug-likeness (QED) is 0.650. The van der Waals surface area contributed by atoms with E-state index in [1.165, 1.54) is 24.3 Å². The van der Waals surface area contributed by atoms with Crippen molar-refractivity contribution in [3.05, 3.63) is 71.8 Å². The lowest BCUT2D eigenvalue weighted by molar-refractivity contribution is -0.00303. The maximum absolute atomic E-state index is 13.6. The van der Waals surface area contributed by atoms with Crippen LogP contribution in [0.25, 0.3) is 0 Å². The summed E-state index contributed by atoms with van der Waals surface area (Å²) in [5.74, 6) is 0.0377. The highest BCUT2D eigenvalue weighted by atomic mass is 32.3. The predicted octanol–water partition coefficient (Wildman–Crippen LogP) is 4.29. The molecule has 7 heteroatoms. The molecule has 5 nitrogen and oxygen atoms in total. The summed E-state index contributed by atoms with van der Waals surface area (Å²) >= 11 is 0. The number of hydrogen-bond donors (Lipinski definition) is 1. The Morgan fingerprint density at radius 3 is 1.90 bits per heavy atom. The highest BCUT2D eigenvalue weighted by Crippen LogP contribution is 2.50. The summed E-state index contributed by atoms with van der Waals surface area (Å²) in [7, 11) is -8.35. The normalized spacial score (nSPS) is 24.4. The van der Waals surface area contributed by atoms with Gasteiger partial charge >= 0.3 is 0 Å². The van der Waals surface area contributed by atoms with Gasteiger partial charge in [-0.3, -0.25) is 0 Å². The Morgan fingerprint density at radius 1 is 0.903 bits per heavy atom. The van der Waals surface area contributed by atoms with Gasteiger partial charge in [-0.05, 0) is 61.9 Å². The van der Waals surface area contributed by atoms with Crippen LogP contribution in [0, 0.1) is 5.92 Å². The van der Waals surface area contributed by atoms with E-state index >= 15 is 0 Å². The molecule has 166 valence electrons. The highest BCUT2D eigenvalue weighted by molar-refractivity contribution is 8.09. The largest absolute Gasteiger partial charge is 0.385 e. The molecule has 0 aromatic heterocycles. The Hall–Kier alpha value is -1.96. The molecule has 0 aliphatic heterocycles. The molecule has 0 radical (unpaired) electrons. The average Bonchev–Trinajstić information content (AvgIpc) is 3.03. The van der Waals surface area contributed by atoms with Gasteiger partial charge in [0, 0.05) is 6.42 Å². The van der Waals surface area contributed by atoms with E-state index in [1.807, 2.05) is 6.92 Å². The molecular formula is C24H28O5S2. The SMILES string of the molecule is CC1=C(CC(S(=O)(=O)c2ccccc2)S(=O)(=O)c2ccccc2)C[C@H]2CCCC[C@]12O. The van der Waals surface area contributed by atoms with E-state index in [2.05, 4.69) is 0 Å². The van der Waals surface area contributed by atoms with Gasteiger partial charge in [0.15, 0.2) is 24.3 Å². The summed E-state index contributed by atoms with van der Waals surface area (Å²) in [6.45, 7) is 1.84. The van der Waals surface area contributed by atoms with E-state index in [0.29, 0.717) is 12.8 Å². The fraction of sp³-hybridized carbons (Fsp3) is 0.417. The maximum atomic E-state index is 13.6. The van der Waals surface area contributed by atoms with Gasteiger partial charge in [-0.25, -0.2) is 16.8 Å². The van der Waals surface area contributed by atoms with E-state index in [4.69, 9.17) is 0 Å². The fourth-order valence-corrected chi connectivity index (χ4v) is 9.62. The molecular weight excluding hydrogens is 432 g/mol. The van der Waals surface area contributed by atoms with Crippen molar-refractivity contribution in [3.63, 3.8) is 0 Å². The summed E-state index contributed by atoms with van der Waals surface area (Å²) in [6.07, 6.45) is 3.90. The molecule has 1 saturated carbocycles. The van der Waals surface area contributed by atoms with Crippen LogP contribution in [0.5, 0.6) is 0 Å². The smallest absolute Gasteiger partial charge is 0.196 e. The van der Waals surface area contributed by atoms with Crippen molar-refractivity contribution in [3.8, 4) is 0 Å². The van der Waals surface area contributed by atoms with Crippen molar-refractivity contribution in [1.82, 2.24) is 0 Å². The van der Waals surface area contributed by atoms with Crippen LogP contribution in [0.15, 0.2) is 81.6 Å². The molecule has 0 unspecified atom stereocenters. The van der Waals surface area contributed by atoms with E-state index in [1.54, 1.807) is 36.4 Å². The second-order valence-electron chi connectivity index (χ2n) is 8.65. The molecule has 1 N–H and O–H groups in total. The first kappa shape index (κ1) is 22.2. The molecule has 0 heterocycles. The van der Waals surface area contributed by atoms with E-state index in [-0.39, 0.29) is 22.1 Å². The van der Waals surface area contributed by atoms with Crippen LogP contribution in [0.3, 0.4) is 0 Å². The molecule has 1 fully saturated rings. The van der Waals surface area contributed by atoms with Crippen LogP contribution in [0.1, 0.15) is 45.4 Å². The van der Waals surface area contributed by atoms with Crippen molar-refractivity contribution in [1.29, 1.82) is 0 Å². The first-order valence-electron chi connectivity index (χ1n) is 10.7. The average molecular weight is 461 g/mol. The van der Waals surface area contributed by atoms with Gasteiger partial charge in [-0.2, -0.15) is 0 Å². The van der Waals surface area contributed by atoms with Gasteiger partial charge in [0.1, 0.15) is 0 Å². The van der Waals surface area contributed by atoms with Gasteiger partial charge in [0.25, 0.3) is 0 Å². The third kappa shape index (κ3) is 3.88. The van der Waals surface area contributed by atoms with Crippen molar-refractivity contribution in [2.45, 2.75) is 65.4 Å². The Labute approximate surface area is 184 Å². The molecule has 2 aliphatic carbocycles. The lowest BCUT2D eigenvalue weighted by Crippen LogP contribution is -2.38. The molecule has 2 atom stereocenters. The third-order valence-electron chi connectivity index (χ3n) is 6.96. The maximum Gasteiger partial charge on any atom is 0.196 e. The Bertz CT molecular complexity index is 1120. The summed E-state index contributed by atoms with van der Waals surface area (Å²) in [6, 6.07) is 15.5. The zero-order valence-electron chi connectivity index (χ0n) is 17.6. The molecule has 31 heavy (non-hydrogen) atoms. The van der Waals surface area contributed by atoms with Gasteiger partial charge in [0.2, 0.25) is 0 Å². The summed E-state index contributed by atoms with van der Waals surface area (Å²) in [5, 5.41) is 11.2. The van der Waals surface area contributed by atoms with Crippen LogP contribution >= 0.6 is 0 Å². The Morgan fingerprint density at radius 2 is 1.42 bits per heavy atom. The van der Waals surface area contributed by atoms with Crippen LogP contribution in [-0.2, 0) is 19.7 Å². The molecule has 0 spiro atoms. The van der Waals surface area contributed by atoms with E-state index in [0.717, 1.165) is 30.4 Å². The lowest BCUT2D eigenvalue weighted by Gasteiger charge is -2.36. The first-order chi connectivity index (χ1) is 14.7. The number of rotatable bonds is 6. The summed E-state index contributed by atoms with van der Waals surface area (Å²) in [4.78, 5) is -0.0150. The zero-order valence-corrected chi connectivity index (χ0v) is 19.2. The van der Waals surface area contributed by atoms with Gasteiger partial charge < -0.3 is 5.11 Å².